The molecule has 0 saturated carbocycles. The number of rotatable bonds is 6. The van der Waals surface area contributed by atoms with Crippen molar-refractivity contribution in [2.45, 2.75) is 25.4 Å². The summed E-state index contributed by atoms with van der Waals surface area (Å²) in [5, 5.41) is 2.91. The van der Waals surface area contributed by atoms with Crippen molar-refractivity contribution in [1.82, 2.24) is 15.1 Å². The largest absolute Gasteiger partial charge is 0.389 e. The Morgan fingerprint density at radius 1 is 1.16 bits per heavy atom. The number of unbranched alkanes of at least 4 members (excludes halogenated alkanes) is 1. The van der Waals surface area contributed by atoms with Crippen LogP contribution in [0.4, 0.5) is 13.2 Å². The summed E-state index contributed by atoms with van der Waals surface area (Å²) in [6.45, 7) is 3.87. The number of hydrogen-bond donors (Lipinski definition) is 1. The monoisotopic (exact) mass is 281 g/mol. The molecule has 112 valence electrons. The van der Waals surface area contributed by atoms with Gasteiger partial charge in [-0.1, -0.05) is 0 Å². The van der Waals surface area contributed by atoms with Crippen LogP contribution >= 0.6 is 0 Å². The highest BCUT2D eigenvalue weighted by molar-refractivity contribution is 5.78. The van der Waals surface area contributed by atoms with Gasteiger partial charge in [-0.15, -0.1) is 0 Å². The summed E-state index contributed by atoms with van der Waals surface area (Å²) >= 11 is 0. The molecule has 4 nitrogen and oxygen atoms in total. The molecule has 1 aliphatic rings. The van der Waals surface area contributed by atoms with Crippen molar-refractivity contribution in [2.24, 2.45) is 0 Å². The van der Waals surface area contributed by atoms with E-state index in [2.05, 4.69) is 10.2 Å². The standard InChI is InChI=1S/C12H22F3N3O/c1-17-6-8-18(9-7-17)11(19)10-16-5-3-2-4-12(13,14)15/h16H,2-10H2,1H3. The van der Waals surface area contributed by atoms with Gasteiger partial charge in [0.2, 0.25) is 5.91 Å². The molecule has 0 aromatic carbocycles. The summed E-state index contributed by atoms with van der Waals surface area (Å²) in [4.78, 5) is 15.7. The van der Waals surface area contributed by atoms with Crippen LogP contribution in [0.2, 0.25) is 0 Å². The predicted octanol–water partition coefficient (Wildman–Crippen LogP) is 1.08. The number of nitrogens with one attached hydrogen (secondary N) is 1. The Kier molecular flexibility index (Phi) is 6.57. The first-order valence-corrected chi connectivity index (χ1v) is 6.62. The first-order valence-electron chi connectivity index (χ1n) is 6.62. The molecule has 19 heavy (non-hydrogen) atoms. The van der Waals surface area contributed by atoms with E-state index in [9.17, 15) is 18.0 Å². The van der Waals surface area contributed by atoms with E-state index in [1.165, 1.54) is 0 Å². The van der Waals surface area contributed by atoms with E-state index in [1.54, 1.807) is 4.90 Å². The van der Waals surface area contributed by atoms with Crippen molar-refractivity contribution in [1.29, 1.82) is 0 Å². The van der Waals surface area contributed by atoms with Crippen LogP contribution in [0.15, 0.2) is 0 Å². The van der Waals surface area contributed by atoms with Gasteiger partial charge in [0, 0.05) is 32.6 Å². The van der Waals surface area contributed by atoms with E-state index < -0.39 is 12.6 Å². The van der Waals surface area contributed by atoms with Crippen LogP contribution in [0.3, 0.4) is 0 Å². The molecule has 7 heteroatoms. The maximum absolute atomic E-state index is 11.9. The van der Waals surface area contributed by atoms with Crippen molar-refractivity contribution in [2.75, 3.05) is 46.3 Å². The molecule has 1 N–H and O–H groups in total. The fraction of sp³-hybridized carbons (Fsp3) is 0.917. The smallest absolute Gasteiger partial charge is 0.339 e. The third kappa shape index (κ3) is 7.37. The molecule has 0 aromatic rings. The maximum atomic E-state index is 11.9. The minimum atomic E-state index is -4.07. The Morgan fingerprint density at radius 2 is 1.79 bits per heavy atom. The van der Waals surface area contributed by atoms with Crippen LogP contribution in [-0.2, 0) is 4.79 Å². The number of alkyl halides is 3. The lowest BCUT2D eigenvalue weighted by Crippen LogP contribution is -2.49. The van der Waals surface area contributed by atoms with E-state index in [0.29, 0.717) is 13.0 Å². The van der Waals surface area contributed by atoms with E-state index in [1.807, 2.05) is 7.05 Å². The molecule has 1 heterocycles. The van der Waals surface area contributed by atoms with Crippen LogP contribution in [0.5, 0.6) is 0 Å². The number of piperazine rings is 1. The summed E-state index contributed by atoms with van der Waals surface area (Å²) in [7, 11) is 2.01. The van der Waals surface area contributed by atoms with Gasteiger partial charge in [-0.3, -0.25) is 4.79 Å². The summed E-state index contributed by atoms with van der Waals surface area (Å²) in [6.07, 6.45) is -4.27. The van der Waals surface area contributed by atoms with Gasteiger partial charge in [-0.05, 0) is 26.4 Å². The van der Waals surface area contributed by atoms with E-state index >= 15 is 0 Å². The number of halogens is 3. The molecule has 0 spiro atoms. The Bertz CT molecular complexity index is 276. The SMILES string of the molecule is CN1CCN(C(=O)CNCCCCC(F)(F)F)CC1. The second-order valence-electron chi connectivity index (χ2n) is 4.93. The lowest BCUT2D eigenvalue weighted by molar-refractivity contribution is -0.136. The Balaban J connectivity index is 2.01. The molecule has 1 aliphatic heterocycles. The van der Waals surface area contributed by atoms with Crippen molar-refractivity contribution >= 4 is 5.91 Å². The van der Waals surface area contributed by atoms with Crippen LogP contribution in [0.1, 0.15) is 19.3 Å². The zero-order chi connectivity index (χ0) is 14.3. The molecule has 1 saturated heterocycles. The van der Waals surface area contributed by atoms with Crippen molar-refractivity contribution in [3.8, 4) is 0 Å². The summed E-state index contributed by atoms with van der Waals surface area (Å²) < 4.78 is 35.6. The highest BCUT2D eigenvalue weighted by Crippen LogP contribution is 2.21. The number of likely N-dealkylation sites (N-methyl/N-ethyl adjacent to an activating group) is 1. The van der Waals surface area contributed by atoms with Crippen molar-refractivity contribution in [3.05, 3.63) is 0 Å². The first kappa shape index (κ1) is 16.2. The van der Waals surface area contributed by atoms with Crippen LogP contribution in [0.25, 0.3) is 0 Å². The number of nitrogens with zero attached hydrogens (tertiary/aromatic N) is 2. The minimum Gasteiger partial charge on any atom is -0.339 e. The fourth-order valence-electron chi connectivity index (χ4n) is 1.94. The molecule has 0 atom stereocenters. The normalized spacial score (nSPS) is 17.8. The summed E-state index contributed by atoms with van der Waals surface area (Å²) in [5.74, 6) is 0.0314. The minimum absolute atomic E-state index is 0.0314. The van der Waals surface area contributed by atoms with Gasteiger partial charge in [-0.2, -0.15) is 13.2 Å². The molecular weight excluding hydrogens is 259 g/mol. The van der Waals surface area contributed by atoms with Crippen molar-refractivity contribution in [3.63, 3.8) is 0 Å². The van der Waals surface area contributed by atoms with E-state index in [-0.39, 0.29) is 18.9 Å². The number of amides is 1. The molecule has 1 fully saturated rings. The number of hydrogen-bond acceptors (Lipinski definition) is 3. The predicted molar refractivity (Wildman–Crippen MR) is 66.9 cm³/mol. The molecule has 0 aromatic heterocycles. The fourth-order valence-corrected chi connectivity index (χ4v) is 1.94. The van der Waals surface area contributed by atoms with Gasteiger partial charge in [0.15, 0.2) is 0 Å². The lowest BCUT2D eigenvalue weighted by atomic mass is 10.2. The average Bonchev–Trinajstić information content (AvgIpc) is 2.33. The Morgan fingerprint density at radius 3 is 2.37 bits per heavy atom. The van der Waals surface area contributed by atoms with E-state index in [4.69, 9.17) is 0 Å². The number of carbonyl (C=O) groups excluding carboxylic acids is 1. The molecule has 1 rings (SSSR count). The third-order valence-electron chi connectivity index (χ3n) is 3.20. The van der Waals surface area contributed by atoms with Gasteiger partial charge in [0.1, 0.15) is 0 Å². The van der Waals surface area contributed by atoms with Crippen LogP contribution in [0, 0.1) is 0 Å². The van der Waals surface area contributed by atoms with Gasteiger partial charge in [-0.25, -0.2) is 0 Å². The third-order valence-corrected chi connectivity index (χ3v) is 3.20. The molecule has 0 aliphatic carbocycles. The Labute approximate surface area is 111 Å². The van der Waals surface area contributed by atoms with Crippen LogP contribution in [-0.4, -0.2) is 68.2 Å². The highest BCUT2D eigenvalue weighted by atomic mass is 19.4. The molecule has 1 amide bonds. The summed E-state index contributed by atoms with van der Waals surface area (Å²) in [6, 6.07) is 0. The second kappa shape index (κ2) is 7.69. The topological polar surface area (TPSA) is 35.6 Å². The number of carbonyl (C=O) groups is 1. The molecule has 0 bridgehead atoms. The summed E-state index contributed by atoms with van der Waals surface area (Å²) in [5.41, 5.74) is 0. The van der Waals surface area contributed by atoms with Crippen LogP contribution < -0.4 is 5.32 Å². The zero-order valence-corrected chi connectivity index (χ0v) is 11.3. The first-order chi connectivity index (χ1) is 8.88. The van der Waals surface area contributed by atoms with E-state index in [0.717, 1.165) is 26.2 Å². The molecular formula is C12H22F3N3O. The van der Waals surface area contributed by atoms with Gasteiger partial charge in [0.05, 0.1) is 6.54 Å². The quantitative estimate of drug-likeness (QED) is 0.740. The maximum Gasteiger partial charge on any atom is 0.389 e. The lowest BCUT2D eigenvalue weighted by Gasteiger charge is -2.32. The second-order valence-corrected chi connectivity index (χ2v) is 4.93. The highest BCUT2D eigenvalue weighted by Gasteiger charge is 2.25. The van der Waals surface area contributed by atoms with Gasteiger partial charge >= 0.3 is 6.18 Å². The molecule has 0 unspecified atom stereocenters. The van der Waals surface area contributed by atoms with Crippen molar-refractivity contribution < 1.29 is 18.0 Å². The zero-order valence-electron chi connectivity index (χ0n) is 11.3. The average molecular weight is 281 g/mol. The Hall–Kier alpha value is -0.820. The van der Waals surface area contributed by atoms with Gasteiger partial charge in [0.25, 0.3) is 0 Å². The molecule has 0 radical (unpaired) electrons. The van der Waals surface area contributed by atoms with Gasteiger partial charge < -0.3 is 15.1 Å².